The molecule has 0 bridgehead atoms. The maximum absolute atomic E-state index is 11.9. The van der Waals surface area contributed by atoms with E-state index >= 15 is 0 Å². The molecule has 0 aliphatic heterocycles. The van der Waals surface area contributed by atoms with Crippen LogP contribution in [0.3, 0.4) is 0 Å². The minimum Gasteiger partial charge on any atom is -0.481 e. The molecule has 1 aromatic rings. The molecular weight excluding hydrogens is 254 g/mol. The second-order valence-corrected chi connectivity index (χ2v) is 5.50. The van der Waals surface area contributed by atoms with Crippen molar-refractivity contribution in [1.82, 2.24) is 5.32 Å². The van der Waals surface area contributed by atoms with E-state index in [9.17, 15) is 9.59 Å². The quantitative estimate of drug-likeness (QED) is 0.805. The van der Waals surface area contributed by atoms with Crippen molar-refractivity contribution in [3.8, 4) is 0 Å². The lowest BCUT2D eigenvalue weighted by Gasteiger charge is -2.20. The minimum absolute atomic E-state index is 0.0339. The normalized spacial score (nSPS) is 12.2. The van der Waals surface area contributed by atoms with Crippen LogP contribution in [0.2, 0.25) is 0 Å². The lowest BCUT2D eigenvalue weighted by Crippen LogP contribution is -2.40. The molecule has 0 aliphatic carbocycles. The largest absolute Gasteiger partial charge is 0.481 e. The first-order valence-corrected chi connectivity index (χ1v) is 6.95. The summed E-state index contributed by atoms with van der Waals surface area (Å²) in [7, 11) is 0. The Morgan fingerprint density at radius 3 is 2.55 bits per heavy atom. The molecule has 0 saturated heterocycles. The SMILES string of the molecule is Cc1cccc(CCC(=O)NC(CC(=O)O)C(C)C)c1. The summed E-state index contributed by atoms with van der Waals surface area (Å²) in [4.78, 5) is 22.7. The van der Waals surface area contributed by atoms with Crippen LogP contribution in [0.5, 0.6) is 0 Å². The summed E-state index contributed by atoms with van der Waals surface area (Å²) in [6.45, 7) is 5.84. The molecule has 2 N–H and O–H groups in total. The maximum atomic E-state index is 11.9. The Hall–Kier alpha value is -1.84. The summed E-state index contributed by atoms with van der Waals surface area (Å²) in [6, 6.07) is 7.74. The van der Waals surface area contributed by atoms with E-state index < -0.39 is 5.97 Å². The monoisotopic (exact) mass is 277 g/mol. The van der Waals surface area contributed by atoms with Gasteiger partial charge in [0.15, 0.2) is 0 Å². The van der Waals surface area contributed by atoms with Crippen LogP contribution in [0.1, 0.15) is 37.8 Å². The van der Waals surface area contributed by atoms with Gasteiger partial charge in [-0.2, -0.15) is 0 Å². The summed E-state index contributed by atoms with van der Waals surface area (Å²) in [5, 5.41) is 11.6. The van der Waals surface area contributed by atoms with Gasteiger partial charge >= 0.3 is 5.97 Å². The zero-order valence-corrected chi connectivity index (χ0v) is 12.3. The van der Waals surface area contributed by atoms with Crippen molar-refractivity contribution >= 4 is 11.9 Å². The van der Waals surface area contributed by atoms with E-state index in [1.165, 1.54) is 5.56 Å². The summed E-state index contributed by atoms with van der Waals surface area (Å²) in [5.74, 6) is -0.872. The number of carboxylic acid groups (broad SMARTS) is 1. The first-order chi connectivity index (χ1) is 9.38. The van der Waals surface area contributed by atoms with Gasteiger partial charge in [-0.15, -0.1) is 0 Å². The second-order valence-electron chi connectivity index (χ2n) is 5.50. The van der Waals surface area contributed by atoms with Crippen molar-refractivity contribution in [2.45, 2.75) is 46.1 Å². The predicted octanol–water partition coefficient (Wildman–Crippen LogP) is 2.54. The van der Waals surface area contributed by atoms with Crippen LogP contribution in [0.15, 0.2) is 24.3 Å². The maximum Gasteiger partial charge on any atom is 0.305 e. The van der Waals surface area contributed by atoms with Gasteiger partial charge in [0, 0.05) is 12.5 Å². The van der Waals surface area contributed by atoms with Gasteiger partial charge in [0.2, 0.25) is 5.91 Å². The Bertz CT molecular complexity index is 469. The number of aliphatic carboxylic acids is 1. The Kier molecular flexibility index (Phi) is 6.22. The number of carbonyl (C=O) groups excluding carboxylic acids is 1. The van der Waals surface area contributed by atoms with Crippen molar-refractivity contribution in [2.75, 3.05) is 0 Å². The van der Waals surface area contributed by atoms with E-state index in [2.05, 4.69) is 11.4 Å². The Labute approximate surface area is 120 Å². The van der Waals surface area contributed by atoms with Gasteiger partial charge in [-0.25, -0.2) is 0 Å². The Morgan fingerprint density at radius 1 is 1.30 bits per heavy atom. The molecule has 0 spiro atoms. The minimum atomic E-state index is -0.886. The zero-order valence-electron chi connectivity index (χ0n) is 12.3. The molecule has 0 heterocycles. The highest BCUT2D eigenvalue weighted by atomic mass is 16.4. The molecule has 0 aromatic heterocycles. The number of carbonyl (C=O) groups is 2. The van der Waals surface area contributed by atoms with Gasteiger partial charge in [-0.3, -0.25) is 9.59 Å². The molecule has 1 atom stereocenters. The smallest absolute Gasteiger partial charge is 0.305 e. The Balaban J connectivity index is 2.47. The number of rotatable bonds is 7. The van der Waals surface area contributed by atoms with Crippen LogP contribution in [0.25, 0.3) is 0 Å². The number of amides is 1. The molecule has 1 amide bonds. The lowest BCUT2D eigenvalue weighted by molar-refractivity contribution is -0.138. The molecule has 4 nitrogen and oxygen atoms in total. The number of hydrogen-bond acceptors (Lipinski definition) is 2. The van der Waals surface area contributed by atoms with Crippen molar-refractivity contribution in [2.24, 2.45) is 5.92 Å². The van der Waals surface area contributed by atoms with Crippen molar-refractivity contribution < 1.29 is 14.7 Å². The van der Waals surface area contributed by atoms with Crippen LogP contribution in [0, 0.1) is 12.8 Å². The van der Waals surface area contributed by atoms with Crippen molar-refractivity contribution in [3.63, 3.8) is 0 Å². The van der Waals surface area contributed by atoms with Crippen LogP contribution >= 0.6 is 0 Å². The Morgan fingerprint density at radius 2 is 2.00 bits per heavy atom. The second kappa shape index (κ2) is 7.68. The highest BCUT2D eigenvalue weighted by molar-refractivity contribution is 5.77. The number of carboxylic acids is 1. The summed E-state index contributed by atoms with van der Waals surface area (Å²) >= 11 is 0. The van der Waals surface area contributed by atoms with Gasteiger partial charge < -0.3 is 10.4 Å². The third kappa shape index (κ3) is 5.87. The van der Waals surface area contributed by atoms with E-state index in [0.29, 0.717) is 12.8 Å². The zero-order chi connectivity index (χ0) is 15.1. The van der Waals surface area contributed by atoms with Crippen LogP contribution < -0.4 is 5.32 Å². The molecule has 0 saturated carbocycles. The first-order valence-electron chi connectivity index (χ1n) is 6.95. The van der Waals surface area contributed by atoms with Crippen LogP contribution in [-0.2, 0) is 16.0 Å². The predicted molar refractivity (Wildman–Crippen MR) is 78.5 cm³/mol. The fraction of sp³-hybridized carbons (Fsp3) is 0.500. The fourth-order valence-electron chi connectivity index (χ4n) is 2.05. The molecule has 110 valence electrons. The summed E-state index contributed by atoms with van der Waals surface area (Å²) in [6.07, 6.45) is 1.02. The summed E-state index contributed by atoms with van der Waals surface area (Å²) < 4.78 is 0. The number of benzene rings is 1. The molecule has 20 heavy (non-hydrogen) atoms. The standard InChI is InChI=1S/C16H23NO3/c1-11(2)14(10-16(19)20)17-15(18)8-7-13-6-4-5-12(3)9-13/h4-6,9,11,14H,7-8,10H2,1-3H3,(H,17,18)(H,19,20). The third-order valence-corrected chi connectivity index (χ3v) is 3.27. The average molecular weight is 277 g/mol. The molecule has 0 radical (unpaired) electrons. The molecule has 0 aliphatic rings. The highest BCUT2D eigenvalue weighted by Crippen LogP contribution is 2.09. The average Bonchev–Trinajstić information content (AvgIpc) is 2.35. The van der Waals surface area contributed by atoms with E-state index in [1.54, 1.807) is 0 Å². The molecule has 4 heteroatoms. The lowest BCUT2D eigenvalue weighted by atomic mass is 10.0. The molecule has 1 rings (SSSR count). The third-order valence-electron chi connectivity index (χ3n) is 3.27. The topological polar surface area (TPSA) is 66.4 Å². The van der Waals surface area contributed by atoms with Gasteiger partial charge in [0.1, 0.15) is 0 Å². The van der Waals surface area contributed by atoms with E-state index in [1.807, 2.05) is 39.0 Å². The molecule has 1 aromatic carbocycles. The van der Waals surface area contributed by atoms with Crippen LogP contribution in [0.4, 0.5) is 0 Å². The van der Waals surface area contributed by atoms with E-state index in [-0.39, 0.29) is 24.3 Å². The van der Waals surface area contributed by atoms with Crippen molar-refractivity contribution in [3.05, 3.63) is 35.4 Å². The molecule has 1 unspecified atom stereocenters. The number of hydrogen-bond donors (Lipinski definition) is 2. The van der Waals surface area contributed by atoms with Crippen molar-refractivity contribution in [1.29, 1.82) is 0 Å². The van der Waals surface area contributed by atoms with Crippen LogP contribution in [-0.4, -0.2) is 23.0 Å². The fourth-order valence-corrected chi connectivity index (χ4v) is 2.05. The van der Waals surface area contributed by atoms with Gasteiger partial charge in [0.05, 0.1) is 6.42 Å². The summed E-state index contributed by atoms with van der Waals surface area (Å²) in [5.41, 5.74) is 2.30. The number of aryl methyl sites for hydroxylation is 2. The van der Waals surface area contributed by atoms with E-state index in [4.69, 9.17) is 5.11 Å². The molecular formula is C16H23NO3. The molecule has 0 fully saturated rings. The van der Waals surface area contributed by atoms with Gasteiger partial charge in [-0.1, -0.05) is 43.7 Å². The first kappa shape index (κ1) is 16.2. The van der Waals surface area contributed by atoms with Gasteiger partial charge in [-0.05, 0) is 24.8 Å². The highest BCUT2D eigenvalue weighted by Gasteiger charge is 2.19. The van der Waals surface area contributed by atoms with Gasteiger partial charge in [0.25, 0.3) is 0 Å². The number of nitrogens with one attached hydrogen (secondary N) is 1. The van der Waals surface area contributed by atoms with E-state index in [0.717, 1.165) is 5.56 Å².